The van der Waals surface area contributed by atoms with E-state index in [9.17, 15) is 13.2 Å². The lowest BCUT2D eigenvalue weighted by Crippen LogP contribution is -2.45. The Morgan fingerprint density at radius 3 is 2.57 bits per heavy atom. The summed E-state index contributed by atoms with van der Waals surface area (Å²) in [4.78, 5) is 2.94. The number of benzene rings is 1. The van der Waals surface area contributed by atoms with Crippen LogP contribution >= 0.6 is 11.3 Å². The summed E-state index contributed by atoms with van der Waals surface area (Å²) in [5.74, 6) is -2.85. The van der Waals surface area contributed by atoms with Gasteiger partial charge in [-0.2, -0.15) is 0 Å². The highest BCUT2D eigenvalue weighted by Crippen LogP contribution is 2.34. The van der Waals surface area contributed by atoms with Crippen LogP contribution in [0.4, 0.5) is 13.2 Å². The molecule has 6 heteroatoms. The minimum absolute atomic E-state index is 0.0665. The third-order valence-corrected chi connectivity index (χ3v) is 4.57. The molecule has 1 aromatic carbocycles. The fourth-order valence-corrected chi connectivity index (χ4v) is 3.57. The topological polar surface area (TPSA) is 15.3 Å². The van der Waals surface area contributed by atoms with Crippen molar-refractivity contribution in [2.45, 2.75) is 6.04 Å². The molecular weight excluding hydrogens is 297 g/mol. The Hall–Kier alpha value is -1.37. The minimum Gasteiger partial charge on any atom is -0.314 e. The summed E-state index contributed by atoms with van der Waals surface area (Å²) in [5.41, 5.74) is 0.0665. The standard InChI is InChI=1S/C15H15F3N2S/c16-10-8-11(14(18)12(17)9-10)15(13-2-1-7-21-13)20-5-3-19-4-6-20/h1-2,7-9,15,19H,3-6H2/t15-/m0/s1. The van der Waals surface area contributed by atoms with Crippen LogP contribution in [0.1, 0.15) is 16.5 Å². The fourth-order valence-electron chi connectivity index (χ4n) is 2.69. The van der Waals surface area contributed by atoms with Crippen LogP contribution in [0.2, 0.25) is 0 Å². The summed E-state index contributed by atoms with van der Waals surface area (Å²) in [7, 11) is 0. The Morgan fingerprint density at radius 1 is 1.14 bits per heavy atom. The zero-order valence-corrected chi connectivity index (χ0v) is 12.1. The Labute approximate surface area is 125 Å². The monoisotopic (exact) mass is 312 g/mol. The number of halogens is 3. The molecule has 21 heavy (non-hydrogen) atoms. The van der Waals surface area contributed by atoms with Gasteiger partial charge in [-0.15, -0.1) is 11.3 Å². The van der Waals surface area contributed by atoms with E-state index in [1.807, 2.05) is 17.5 Å². The lowest BCUT2D eigenvalue weighted by molar-refractivity contribution is 0.196. The highest BCUT2D eigenvalue weighted by Gasteiger charge is 2.28. The van der Waals surface area contributed by atoms with E-state index in [0.717, 1.165) is 24.0 Å². The van der Waals surface area contributed by atoms with Crippen LogP contribution in [0.5, 0.6) is 0 Å². The smallest absolute Gasteiger partial charge is 0.164 e. The molecule has 1 fully saturated rings. The molecule has 0 saturated carbocycles. The van der Waals surface area contributed by atoms with Gasteiger partial charge < -0.3 is 5.32 Å². The van der Waals surface area contributed by atoms with E-state index in [1.54, 1.807) is 0 Å². The van der Waals surface area contributed by atoms with Crippen molar-refractivity contribution in [2.75, 3.05) is 26.2 Å². The SMILES string of the molecule is Fc1cc(F)c(F)c([C@@H](c2cccs2)N2CCNCC2)c1. The van der Waals surface area contributed by atoms with Gasteiger partial charge in [-0.25, -0.2) is 13.2 Å². The second kappa shape index (κ2) is 6.17. The Balaban J connectivity index is 2.07. The van der Waals surface area contributed by atoms with Crippen molar-refractivity contribution in [1.29, 1.82) is 0 Å². The second-order valence-electron chi connectivity index (χ2n) is 4.99. The summed E-state index contributed by atoms with van der Waals surface area (Å²) in [5, 5.41) is 5.11. The van der Waals surface area contributed by atoms with E-state index in [2.05, 4.69) is 10.2 Å². The number of rotatable bonds is 3. The highest BCUT2D eigenvalue weighted by molar-refractivity contribution is 7.10. The molecule has 0 bridgehead atoms. The Kier molecular flexibility index (Phi) is 4.28. The van der Waals surface area contributed by atoms with Crippen molar-refractivity contribution < 1.29 is 13.2 Å². The quantitative estimate of drug-likeness (QED) is 0.876. The van der Waals surface area contributed by atoms with E-state index in [4.69, 9.17) is 0 Å². The summed E-state index contributed by atoms with van der Waals surface area (Å²) >= 11 is 1.47. The van der Waals surface area contributed by atoms with E-state index in [0.29, 0.717) is 19.2 Å². The van der Waals surface area contributed by atoms with E-state index in [1.165, 1.54) is 11.3 Å². The first kappa shape index (κ1) is 14.6. The van der Waals surface area contributed by atoms with Gasteiger partial charge in [-0.05, 0) is 17.5 Å². The van der Waals surface area contributed by atoms with Gasteiger partial charge in [0, 0.05) is 42.7 Å². The molecule has 1 N–H and O–H groups in total. The molecule has 2 aromatic rings. The third kappa shape index (κ3) is 2.97. The van der Waals surface area contributed by atoms with Crippen LogP contribution < -0.4 is 5.32 Å². The first-order chi connectivity index (χ1) is 10.2. The molecule has 0 spiro atoms. The molecular formula is C15H15F3N2S. The molecule has 1 aromatic heterocycles. The van der Waals surface area contributed by atoms with Crippen LogP contribution in [-0.4, -0.2) is 31.1 Å². The van der Waals surface area contributed by atoms with Crippen LogP contribution in [0, 0.1) is 17.5 Å². The molecule has 1 aliphatic rings. The Morgan fingerprint density at radius 2 is 1.90 bits per heavy atom. The molecule has 112 valence electrons. The maximum Gasteiger partial charge on any atom is 0.164 e. The fraction of sp³-hybridized carbons (Fsp3) is 0.333. The molecule has 1 atom stereocenters. The van der Waals surface area contributed by atoms with Crippen LogP contribution in [-0.2, 0) is 0 Å². The number of nitrogens with one attached hydrogen (secondary N) is 1. The van der Waals surface area contributed by atoms with Gasteiger partial charge in [0.05, 0.1) is 6.04 Å². The number of piperazine rings is 1. The molecule has 0 amide bonds. The van der Waals surface area contributed by atoms with Gasteiger partial charge in [-0.3, -0.25) is 4.90 Å². The maximum absolute atomic E-state index is 14.2. The number of thiophene rings is 1. The van der Waals surface area contributed by atoms with Gasteiger partial charge >= 0.3 is 0 Å². The van der Waals surface area contributed by atoms with Gasteiger partial charge in [0.1, 0.15) is 5.82 Å². The summed E-state index contributed by atoms with van der Waals surface area (Å²) in [6, 6.07) is 4.98. The zero-order valence-electron chi connectivity index (χ0n) is 11.3. The number of nitrogens with zero attached hydrogens (tertiary/aromatic N) is 1. The molecule has 3 rings (SSSR count). The first-order valence-corrected chi connectivity index (χ1v) is 7.67. The third-order valence-electron chi connectivity index (χ3n) is 3.65. The lowest BCUT2D eigenvalue weighted by atomic mass is 10.0. The molecule has 2 heterocycles. The van der Waals surface area contributed by atoms with Gasteiger partial charge in [0.25, 0.3) is 0 Å². The number of hydrogen-bond donors (Lipinski definition) is 1. The molecule has 2 nitrogen and oxygen atoms in total. The van der Waals surface area contributed by atoms with Crippen molar-refractivity contribution in [3.8, 4) is 0 Å². The summed E-state index contributed by atoms with van der Waals surface area (Å²) in [6.07, 6.45) is 0. The minimum atomic E-state index is -1.14. The van der Waals surface area contributed by atoms with Crippen molar-refractivity contribution in [3.63, 3.8) is 0 Å². The molecule has 1 aliphatic heterocycles. The molecule has 0 aliphatic carbocycles. The van der Waals surface area contributed by atoms with E-state index in [-0.39, 0.29) is 5.56 Å². The van der Waals surface area contributed by atoms with E-state index < -0.39 is 23.5 Å². The highest BCUT2D eigenvalue weighted by atomic mass is 32.1. The first-order valence-electron chi connectivity index (χ1n) is 6.79. The number of hydrogen-bond acceptors (Lipinski definition) is 3. The predicted molar refractivity (Wildman–Crippen MR) is 76.9 cm³/mol. The van der Waals surface area contributed by atoms with Gasteiger partial charge in [-0.1, -0.05) is 6.07 Å². The lowest BCUT2D eigenvalue weighted by Gasteiger charge is -2.34. The molecule has 0 radical (unpaired) electrons. The predicted octanol–water partition coefficient (Wildman–Crippen LogP) is 3.16. The average Bonchev–Trinajstić information content (AvgIpc) is 2.99. The largest absolute Gasteiger partial charge is 0.314 e. The maximum atomic E-state index is 14.2. The normalized spacial score (nSPS) is 17.9. The van der Waals surface area contributed by atoms with Crippen LogP contribution in [0.15, 0.2) is 29.6 Å². The average molecular weight is 312 g/mol. The summed E-state index contributed by atoms with van der Waals surface area (Å²) < 4.78 is 41.3. The Bertz CT molecular complexity index is 610. The van der Waals surface area contributed by atoms with Crippen LogP contribution in [0.25, 0.3) is 0 Å². The zero-order chi connectivity index (χ0) is 14.8. The second-order valence-corrected chi connectivity index (χ2v) is 5.97. The van der Waals surface area contributed by atoms with Gasteiger partial charge in [0.15, 0.2) is 11.6 Å². The van der Waals surface area contributed by atoms with Crippen molar-refractivity contribution >= 4 is 11.3 Å². The summed E-state index contributed by atoms with van der Waals surface area (Å²) in [6.45, 7) is 2.98. The van der Waals surface area contributed by atoms with Crippen molar-refractivity contribution in [1.82, 2.24) is 10.2 Å². The van der Waals surface area contributed by atoms with E-state index >= 15 is 0 Å². The van der Waals surface area contributed by atoms with Crippen LogP contribution in [0.3, 0.4) is 0 Å². The van der Waals surface area contributed by atoms with Gasteiger partial charge in [0.2, 0.25) is 0 Å². The van der Waals surface area contributed by atoms with Crippen molar-refractivity contribution in [2.24, 2.45) is 0 Å². The van der Waals surface area contributed by atoms with Crippen molar-refractivity contribution in [3.05, 3.63) is 57.5 Å². The molecule has 0 unspecified atom stereocenters. The molecule has 1 saturated heterocycles.